The number of anilines is 6. The number of benzene rings is 10. The maximum Gasteiger partial charge on any atom is 0.0724 e. The van der Waals surface area contributed by atoms with E-state index in [0.717, 1.165) is 79.0 Å². The van der Waals surface area contributed by atoms with Crippen molar-refractivity contribution in [1.82, 2.24) is 9.13 Å². The molecule has 0 amide bonds. The van der Waals surface area contributed by atoms with E-state index in [4.69, 9.17) is 0 Å². The lowest BCUT2D eigenvalue weighted by molar-refractivity contribution is 1.14. The molecule has 0 spiro atoms. The Hall–Kier alpha value is -8.86. The average molecular weight is 901 g/mol. The fraction of sp³-hybridized carbons (Fsp3) is 0.0606. The second kappa shape index (κ2) is 17.7. The third-order valence-corrected chi connectivity index (χ3v) is 13.6. The van der Waals surface area contributed by atoms with E-state index in [9.17, 15) is 0 Å². The van der Waals surface area contributed by atoms with Gasteiger partial charge in [-0.3, -0.25) is 0 Å². The zero-order chi connectivity index (χ0) is 47.3. The molecule has 0 unspecified atom stereocenters. The summed E-state index contributed by atoms with van der Waals surface area (Å²) in [7, 11) is 0. The minimum atomic E-state index is 1.10. The summed E-state index contributed by atoms with van der Waals surface area (Å²) in [6.07, 6.45) is 0. The number of aromatic nitrogens is 2. The topological polar surface area (TPSA) is 16.3 Å². The van der Waals surface area contributed by atoms with Crippen LogP contribution >= 0.6 is 0 Å². The lowest BCUT2D eigenvalue weighted by Crippen LogP contribution is -2.10. The van der Waals surface area contributed by atoms with Crippen molar-refractivity contribution in [3.8, 4) is 33.9 Å². The normalized spacial score (nSPS) is 11.4. The number of hydrogen-bond donors (Lipinski definition) is 0. The second-order valence-electron chi connectivity index (χ2n) is 18.7. The van der Waals surface area contributed by atoms with E-state index in [1.54, 1.807) is 0 Å². The maximum absolute atomic E-state index is 2.46. The molecule has 0 fully saturated rings. The minimum absolute atomic E-state index is 1.10. The van der Waals surface area contributed by atoms with Gasteiger partial charge in [-0.2, -0.15) is 0 Å². The van der Waals surface area contributed by atoms with Crippen LogP contribution in [0.15, 0.2) is 243 Å². The summed E-state index contributed by atoms with van der Waals surface area (Å²) in [5, 5.41) is 4.83. The van der Waals surface area contributed by atoms with E-state index in [0.29, 0.717) is 0 Å². The highest BCUT2D eigenvalue weighted by Crippen LogP contribution is 2.43. The van der Waals surface area contributed by atoms with Crippen molar-refractivity contribution in [1.29, 1.82) is 0 Å². The van der Waals surface area contributed by atoms with Crippen molar-refractivity contribution in [2.24, 2.45) is 0 Å². The van der Waals surface area contributed by atoms with Gasteiger partial charge in [0, 0.05) is 45.5 Å². The Morgan fingerprint density at radius 2 is 0.586 bits per heavy atom. The molecule has 4 heteroatoms. The summed E-state index contributed by atoms with van der Waals surface area (Å²) in [6, 6.07) is 89.0. The number of aryl methyl sites for hydroxylation is 4. The minimum Gasteiger partial charge on any atom is -0.310 e. The van der Waals surface area contributed by atoms with Crippen LogP contribution in [0, 0.1) is 27.7 Å². The van der Waals surface area contributed by atoms with Crippen molar-refractivity contribution in [3.05, 3.63) is 265 Å². The molecule has 0 saturated carbocycles. The fourth-order valence-corrected chi connectivity index (χ4v) is 10.3. The van der Waals surface area contributed by atoms with Crippen LogP contribution in [0.2, 0.25) is 0 Å². The molecule has 4 nitrogen and oxygen atoms in total. The van der Waals surface area contributed by atoms with Gasteiger partial charge in [-0.1, -0.05) is 133 Å². The van der Waals surface area contributed by atoms with E-state index in [-0.39, 0.29) is 0 Å². The zero-order valence-corrected chi connectivity index (χ0v) is 39.9. The Morgan fingerprint density at radius 3 is 0.914 bits per heavy atom. The predicted octanol–water partition coefficient (Wildman–Crippen LogP) is 18.2. The van der Waals surface area contributed by atoms with Crippen molar-refractivity contribution >= 4 is 66.7 Å². The highest BCUT2D eigenvalue weighted by molar-refractivity contribution is 5.96. The molecule has 2 heterocycles. The first-order valence-electron chi connectivity index (χ1n) is 24.1. The van der Waals surface area contributed by atoms with Gasteiger partial charge in [0.25, 0.3) is 0 Å². The molecule has 0 atom stereocenters. The quantitative estimate of drug-likeness (QED) is 0.136. The summed E-state index contributed by atoms with van der Waals surface area (Å²) in [6.45, 7) is 8.63. The summed E-state index contributed by atoms with van der Waals surface area (Å²) < 4.78 is 4.92. The lowest BCUT2D eigenvalue weighted by Gasteiger charge is -2.26. The smallest absolute Gasteiger partial charge is 0.0724 e. The van der Waals surface area contributed by atoms with Crippen molar-refractivity contribution in [2.45, 2.75) is 27.7 Å². The zero-order valence-electron chi connectivity index (χ0n) is 39.9. The number of fused-ring (bicyclic) bond motifs is 3. The highest BCUT2D eigenvalue weighted by Gasteiger charge is 2.23. The molecule has 0 bridgehead atoms. The van der Waals surface area contributed by atoms with Gasteiger partial charge in [0.1, 0.15) is 0 Å². The van der Waals surface area contributed by atoms with Gasteiger partial charge >= 0.3 is 0 Å². The van der Waals surface area contributed by atoms with Crippen LogP contribution in [-0.4, -0.2) is 9.13 Å². The van der Waals surface area contributed by atoms with Crippen molar-refractivity contribution < 1.29 is 0 Å². The van der Waals surface area contributed by atoms with Crippen LogP contribution in [0.4, 0.5) is 34.1 Å². The van der Waals surface area contributed by atoms with E-state index in [1.165, 1.54) is 43.8 Å². The summed E-state index contributed by atoms with van der Waals surface area (Å²) in [4.78, 5) is 4.71. The van der Waals surface area contributed by atoms with Crippen LogP contribution in [0.3, 0.4) is 0 Å². The van der Waals surface area contributed by atoms with Gasteiger partial charge in [0.15, 0.2) is 0 Å². The second-order valence-corrected chi connectivity index (χ2v) is 18.7. The summed E-state index contributed by atoms with van der Waals surface area (Å²) >= 11 is 0. The van der Waals surface area contributed by atoms with Crippen molar-refractivity contribution in [2.75, 3.05) is 9.80 Å². The van der Waals surface area contributed by atoms with Crippen molar-refractivity contribution in [3.63, 3.8) is 0 Å². The summed E-state index contributed by atoms with van der Waals surface area (Å²) in [5.74, 6) is 0. The Balaban J connectivity index is 1.05. The molecule has 12 rings (SSSR count). The first-order chi connectivity index (χ1) is 34.3. The van der Waals surface area contributed by atoms with E-state index in [2.05, 4.69) is 289 Å². The Kier molecular flexibility index (Phi) is 10.7. The van der Waals surface area contributed by atoms with Gasteiger partial charge < -0.3 is 18.9 Å². The first kappa shape index (κ1) is 42.5. The van der Waals surface area contributed by atoms with Gasteiger partial charge in [-0.25, -0.2) is 0 Å². The monoisotopic (exact) mass is 900 g/mol. The van der Waals surface area contributed by atoms with Crippen LogP contribution in [0.1, 0.15) is 22.3 Å². The Morgan fingerprint density at radius 1 is 0.257 bits per heavy atom. The number of hydrogen-bond acceptors (Lipinski definition) is 2. The summed E-state index contributed by atoms with van der Waals surface area (Å²) in [5.41, 5.74) is 20.6. The largest absolute Gasteiger partial charge is 0.310 e. The molecule has 0 aliphatic rings. The third-order valence-electron chi connectivity index (χ3n) is 13.6. The van der Waals surface area contributed by atoms with Crippen LogP contribution < -0.4 is 9.80 Å². The fourth-order valence-electron chi connectivity index (χ4n) is 10.3. The molecule has 0 aliphatic carbocycles. The van der Waals surface area contributed by atoms with Crippen LogP contribution in [-0.2, 0) is 0 Å². The standard InChI is InChI=1S/C66H52N4/c1-45-13-9-21-57(37-45)67(58-22-10-14-46(2)38-58)55-31-27-51(28-32-55)63-43-65-66(69(63)61-35-25-49-17-5-7-19-53(49)41-61)44-64(70(65)62-36-26-50-18-6-8-20-54(50)42-62)52-29-33-56(34-30-52)68(59-23-11-15-47(3)39-59)60-24-12-16-48(4)40-60/h5-44H,1-4H3. The molecule has 0 saturated heterocycles. The van der Waals surface area contributed by atoms with Gasteiger partial charge in [-0.15, -0.1) is 0 Å². The highest BCUT2D eigenvalue weighted by atomic mass is 15.1. The number of rotatable bonds is 10. The first-order valence-corrected chi connectivity index (χ1v) is 24.1. The van der Waals surface area contributed by atoms with E-state index in [1.807, 2.05) is 0 Å². The molecule has 2 aromatic heterocycles. The molecule has 0 aliphatic heterocycles. The van der Waals surface area contributed by atoms with Crippen LogP contribution in [0.5, 0.6) is 0 Å². The molecule has 0 radical (unpaired) electrons. The lowest BCUT2D eigenvalue weighted by atomic mass is 10.1. The molecule has 336 valence electrons. The SMILES string of the molecule is Cc1cccc(N(c2ccc(-c3cc4c(cc(-c5ccc(N(c6cccc(C)c6)c6cccc(C)c6)cc5)n4-c4ccc5ccccc5c4)n3-c3ccc4ccccc4c3)cc2)c2cccc(C)c2)c1. The molecule has 12 aromatic rings. The molecular formula is C66H52N4. The Bertz CT molecular complexity index is 3540. The number of nitrogens with zero attached hydrogens (tertiary/aromatic N) is 4. The predicted molar refractivity (Wildman–Crippen MR) is 297 cm³/mol. The average Bonchev–Trinajstić information content (AvgIpc) is 3.94. The van der Waals surface area contributed by atoms with E-state index < -0.39 is 0 Å². The van der Waals surface area contributed by atoms with E-state index >= 15 is 0 Å². The molecular weight excluding hydrogens is 849 g/mol. The maximum atomic E-state index is 2.46. The van der Waals surface area contributed by atoms with Crippen LogP contribution in [0.25, 0.3) is 66.5 Å². The molecule has 70 heavy (non-hydrogen) atoms. The van der Waals surface area contributed by atoms with Gasteiger partial charge in [-0.05, 0) is 192 Å². The Labute approximate surface area is 410 Å². The van der Waals surface area contributed by atoms with Gasteiger partial charge in [0.05, 0.1) is 22.4 Å². The van der Waals surface area contributed by atoms with Gasteiger partial charge in [0.2, 0.25) is 0 Å². The molecule has 10 aromatic carbocycles. The molecule has 0 N–H and O–H groups in total. The third kappa shape index (κ3) is 7.89.